The summed E-state index contributed by atoms with van der Waals surface area (Å²) in [5.41, 5.74) is 0. The number of rotatable bonds is 43. The second-order valence-electron chi connectivity index (χ2n) is 15.9. The van der Waals surface area contributed by atoms with Crippen LogP contribution in [0.15, 0.2) is 0 Å². The summed E-state index contributed by atoms with van der Waals surface area (Å²) in [6.45, 7) is 6.76. The highest BCUT2D eigenvalue weighted by Gasteiger charge is 2.24. The number of thioether (sulfide) groups is 1. The normalized spacial score (nSPS) is 11.9. The SMILES string of the molecule is CCCCCCCCCCCCCCCC(=O)N[C@@H](CSC(COC(=O)CCCCCCCCCCC)COC(=O)CCCCCCCCCCC)C(=O)O. The first-order chi connectivity index (χ1) is 26.8. The molecule has 0 aromatic heterocycles. The molecule has 0 bridgehead atoms. The molecule has 0 saturated heterocycles. The quantitative estimate of drug-likeness (QED) is 0.0462. The van der Waals surface area contributed by atoms with Crippen LogP contribution in [0, 0.1) is 0 Å². The van der Waals surface area contributed by atoms with Crippen molar-refractivity contribution in [2.45, 2.75) is 250 Å². The molecule has 0 fully saturated rings. The Morgan fingerprint density at radius 3 is 1.05 bits per heavy atom. The average Bonchev–Trinajstić information content (AvgIpc) is 3.17. The zero-order valence-electron chi connectivity index (χ0n) is 36.1. The third-order valence-corrected chi connectivity index (χ3v) is 11.7. The molecule has 0 unspecified atom stereocenters. The number of amides is 1. The standard InChI is InChI=1S/C46H87NO7S/c1-4-7-10-13-16-19-20-21-22-25-26-29-32-35-43(48)47-42(46(51)52)40-55-41(38-53-44(49)36-33-30-27-23-17-14-11-8-5-2)39-54-45(50)37-34-31-28-24-18-15-12-9-6-3/h41-42H,4-40H2,1-3H3,(H,47,48)(H,51,52)/t42-/m0/s1. The van der Waals surface area contributed by atoms with Gasteiger partial charge in [-0.2, -0.15) is 0 Å². The molecule has 2 N–H and O–H groups in total. The maximum absolute atomic E-state index is 12.7. The second-order valence-corrected chi connectivity index (χ2v) is 17.3. The molecular formula is C46H87NO7S. The molecular weight excluding hydrogens is 711 g/mol. The van der Waals surface area contributed by atoms with E-state index in [0.29, 0.717) is 19.3 Å². The second kappa shape index (κ2) is 41.9. The maximum Gasteiger partial charge on any atom is 0.327 e. The van der Waals surface area contributed by atoms with Crippen molar-refractivity contribution in [1.29, 1.82) is 0 Å². The van der Waals surface area contributed by atoms with Crippen LogP contribution in [-0.4, -0.2) is 59.2 Å². The Kier molecular flexibility index (Phi) is 40.5. The van der Waals surface area contributed by atoms with E-state index in [1.807, 2.05) is 0 Å². The summed E-state index contributed by atoms with van der Waals surface area (Å²) in [4.78, 5) is 49.9. The summed E-state index contributed by atoms with van der Waals surface area (Å²) in [7, 11) is 0. The van der Waals surface area contributed by atoms with Crippen molar-refractivity contribution in [3.8, 4) is 0 Å². The fourth-order valence-corrected chi connectivity index (χ4v) is 7.82. The summed E-state index contributed by atoms with van der Waals surface area (Å²) >= 11 is 1.27. The van der Waals surface area contributed by atoms with Gasteiger partial charge >= 0.3 is 17.9 Å². The lowest BCUT2D eigenvalue weighted by atomic mass is 10.0. The van der Waals surface area contributed by atoms with Crippen molar-refractivity contribution in [3.05, 3.63) is 0 Å². The largest absolute Gasteiger partial charge is 0.480 e. The Hall–Kier alpha value is -1.77. The Bertz CT molecular complexity index is 864. The number of carbonyl (C=O) groups is 4. The van der Waals surface area contributed by atoms with Gasteiger partial charge in [-0.25, -0.2) is 4.79 Å². The average molecular weight is 798 g/mol. The molecule has 1 amide bonds. The predicted molar refractivity (Wildman–Crippen MR) is 232 cm³/mol. The molecule has 9 heteroatoms. The van der Waals surface area contributed by atoms with Crippen LogP contribution < -0.4 is 5.32 Å². The number of ether oxygens (including phenoxy) is 2. The summed E-state index contributed by atoms with van der Waals surface area (Å²) in [5, 5.41) is 12.2. The Morgan fingerprint density at radius 1 is 0.455 bits per heavy atom. The van der Waals surface area contributed by atoms with Gasteiger partial charge in [0, 0.05) is 25.0 Å². The van der Waals surface area contributed by atoms with E-state index in [0.717, 1.165) is 57.8 Å². The molecule has 0 aliphatic heterocycles. The number of hydrogen-bond acceptors (Lipinski definition) is 7. The predicted octanol–water partition coefficient (Wildman–Crippen LogP) is 13.1. The van der Waals surface area contributed by atoms with E-state index >= 15 is 0 Å². The summed E-state index contributed by atoms with van der Waals surface area (Å²) < 4.78 is 11.2. The van der Waals surface area contributed by atoms with Crippen molar-refractivity contribution in [2.75, 3.05) is 19.0 Å². The minimum absolute atomic E-state index is 0.0332. The summed E-state index contributed by atoms with van der Waals surface area (Å²) in [6, 6.07) is -1.07. The number of carboxylic acid groups (broad SMARTS) is 1. The highest BCUT2D eigenvalue weighted by atomic mass is 32.2. The molecule has 0 aliphatic rings. The number of nitrogens with one attached hydrogen (secondary N) is 1. The van der Waals surface area contributed by atoms with Gasteiger partial charge in [-0.05, 0) is 19.3 Å². The lowest BCUT2D eigenvalue weighted by molar-refractivity contribution is -0.146. The van der Waals surface area contributed by atoms with Gasteiger partial charge in [0.05, 0.1) is 5.25 Å². The fraction of sp³-hybridized carbons (Fsp3) is 0.913. The number of unbranched alkanes of at least 4 members (excludes halogenated alkanes) is 28. The molecule has 0 aliphatic carbocycles. The van der Waals surface area contributed by atoms with Crippen molar-refractivity contribution < 1.29 is 33.8 Å². The molecule has 0 aromatic rings. The van der Waals surface area contributed by atoms with Gasteiger partial charge in [0.1, 0.15) is 19.3 Å². The van der Waals surface area contributed by atoms with E-state index in [1.54, 1.807) is 0 Å². The van der Waals surface area contributed by atoms with Gasteiger partial charge in [0.25, 0.3) is 0 Å². The maximum atomic E-state index is 12.7. The molecule has 0 radical (unpaired) electrons. The third kappa shape index (κ3) is 38.9. The Labute approximate surface area is 343 Å². The zero-order chi connectivity index (χ0) is 40.5. The van der Waals surface area contributed by atoms with Gasteiger partial charge in [-0.15, -0.1) is 11.8 Å². The number of aliphatic carboxylic acids is 1. The molecule has 0 aromatic carbocycles. The summed E-state index contributed by atoms with van der Waals surface area (Å²) in [5.74, 6) is -1.83. The minimum atomic E-state index is -1.10. The number of carboxylic acids is 1. The number of hydrogen-bond donors (Lipinski definition) is 2. The van der Waals surface area contributed by atoms with E-state index in [1.165, 1.54) is 153 Å². The number of carbonyl (C=O) groups excluding carboxylic acids is 3. The zero-order valence-corrected chi connectivity index (χ0v) is 36.9. The minimum Gasteiger partial charge on any atom is -0.480 e. The lowest BCUT2D eigenvalue weighted by Gasteiger charge is -2.20. The van der Waals surface area contributed by atoms with Crippen LogP contribution in [0.25, 0.3) is 0 Å². The van der Waals surface area contributed by atoms with E-state index < -0.39 is 17.3 Å². The third-order valence-electron chi connectivity index (χ3n) is 10.5. The molecule has 0 saturated carbocycles. The molecule has 0 rings (SSSR count). The lowest BCUT2D eigenvalue weighted by Crippen LogP contribution is -2.43. The van der Waals surface area contributed by atoms with Crippen LogP contribution in [-0.2, 0) is 28.7 Å². The fourth-order valence-electron chi connectivity index (χ4n) is 6.80. The van der Waals surface area contributed by atoms with Gasteiger partial charge in [0.15, 0.2) is 0 Å². The van der Waals surface area contributed by atoms with Crippen molar-refractivity contribution >= 4 is 35.6 Å². The Balaban J connectivity index is 4.61. The molecule has 55 heavy (non-hydrogen) atoms. The van der Waals surface area contributed by atoms with Crippen LogP contribution in [0.1, 0.15) is 239 Å². The van der Waals surface area contributed by atoms with Crippen molar-refractivity contribution in [3.63, 3.8) is 0 Å². The smallest absolute Gasteiger partial charge is 0.327 e. The van der Waals surface area contributed by atoms with Crippen molar-refractivity contribution in [2.24, 2.45) is 0 Å². The van der Waals surface area contributed by atoms with Crippen LogP contribution in [0.5, 0.6) is 0 Å². The molecule has 8 nitrogen and oxygen atoms in total. The highest BCUT2D eigenvalue weighted by Crippen LogP contribution is 2.18. The van der Waals surface area contributed by atoms with Crippen molar-refractivity contribution in [1.82, 2.24) is 5.32 Å². The monoisotopic (exact) mass is 798 g/mol. The number of esters is 2. The van der Waals surface area contributed by atoms with Crippen LogP contribution in [0.2, 0.25) is 0 Å². The van der Waals surface area contributed by atoms with Gasteiger partial charge < -0.3 is 19.9 Å². The van der Waals surface area contributed by atoms with Crippen LogP contribution >= 0.6 is 11.8 Å². The molecule has 324 valence electrons. The van der Waals surface area contributed by atoms with E-state index in [9.17, 15) is 24.3 Å². The molecule has 1 atom stereocenters. The topological polar surface area (TPSA) is 119 Å². The first kappa shape index (κ1) is 53.2. The molecule has 0 heterocycles. The first-order valence-electron chi connectivity index (χ1n) is 23.3. The molecule has 0 spiro atoms. The van der Waals surface area contributed by atoms with Gasteiger partial charge in [-0.1, -0.05) is 201 Å². The summed E-state index contributed by atoms with van der Waals surface area (Å²) in [6.07, 6.45) is 37.8. The van der Waals surface area contributed by atoms with E-state index in [2.05, 4.69) is 26.1 Å². The van der Waals surface area contributed by atoms with Gasteiger partial charge in [-0.3, -0.25) is 14.4 Å². The highest BCUT2D eigenvalue weighted by molar-refractivity contribution is 8.00. The van der Waals surface area contributed by atoms with Crippen LogP contribution in [0.3, 0.4) is 0 Å². The van der Waals surface area contributed by atoms with Gasteiger partial charge in [0.2, 0.25) is 5.91 Å². The van der Waals surface area contributed by atoms with E-state index in [-0.39, 0.29) is 36.8 Å². The van der Waals surface area contributed by atoms with E-state index in [4.69, 9.17) is 9.47 Å². The Morgan fingerprint density at radius 2 is 0.745 bits per heavy atom. The first-order valence-corrected chi connectivity index (χ1v) is 24.3. The van der Waals surface area contributed by atoms with Crippen LogP contribution in [0.4, 0.5) is 0 Å².